The zero-order chi connectivity index (χ0) is 11.4. The van der Waals surface area contributed by atoms with Crippen molar-refractivity contribution in [2.45, 2.75) is 19.8 Å². The lowest BCUT2D eigenvalue weighted by molar-refractivity contribution is 0.0980. The molecule has 0 N–H and O–H groups in total. The van der Waals surface area contributed by atoms with Crippen molar-refractivity contribution in [2.24, 2.45) is 0 Å². The van der Waals surface area contributed by atoms with Gasteiger partial charge in [-0.15, -0.1) is 0 Å². The Morgan fingerprint density at radius 3 is 3.00 bits per heavy atom. The smallest absolute Gasteiger partial charge is 0.164 e. The maximum Gasteiger partial charge on any atom is 0.164 e. The molecule has 16 heavy (non-hydrogen) atoms. The van der Waals surface area contributed by atoms with Gasteiger partial charge in [-0.3, -0.25) is 9.78 Å². The second-order valence-corrected chi connectivity index (χ2v) is 3.75. The summed E-state index contributed by atoms with van der Waals surface area (Å²) in [6.07, 6.45) is 6.06. The van der Waals surface area contributed by atoms with Gasteiger partial charge >= 0.3 is 0 Å². The molecule has 2 aromatic heterocycles. The highest BCUT2D eigenvalue weighted by atomic mass is 16.3. The monoisotopic (exact) mass is 215 g/mol. The summed E-state index contributed by atoms with van der Waals surface area (Å²) >= 11 is 0. The van der Waals surface area contributed by atoms with Crippen LogP contribution in [0.5, 0.6) is 0 Å². The van der Waals surface area contributed by atoms with Crippen LogP contribution in [-0.2, 0) is 6.42 Å². The van der Waals surface area contributed by atoms with E-state index in [1.54, 1.807) is 18.7 Å². The minimum Gasteiger partial charge on any atom is -0.469 e. The molecule has 0 bridgehead atoms. The van der Waals surface area contributed by atoms with Crippen molar-refractivity contribution in [3.63, 3.8) is 0 Å². The van der Waals surface area contributed by atoms with E-state index < -0.39 is 0 Å². The van der Waals surface area contributed by atoms with Gasteiger partial charge in [-0.2, -0.15) is 0 Å². The second-order valence-electron chi connectivity index (χ2n) is 3.75. The van der Waals surface area contributed by atoms with Gasteiger partial charge in [0.15, 0.2) is 5.78 Å². The van der Waals surface area contributed by atoms with Crippen molar-refractivity contribution < 1.29 is 9.21 Å². The zero-order valence-electron chi connectivity index (χ0n) is 9.14. The highest BCUT2D eigenvalue weighted by Crippen LogP contribution is 2.09. The van der Waals surface area contributed by atoms with E-state index >= 15 is 0 Å². The van der Waals surface area contributed by atoms with Crippen LogP contribution in [0, 0.1) is 6.92 Å². The molecule has 0 aliphatic carbocycles. The van der Waals surface area contributed by atoms with Gasteiger partial charge in [0, 0.05) is 30.8 Å². The number of rotatable bonds is 4. The highest BCUT2D eigenvalue weighted by Gasteiger charge is 2.07. The minimum atomic E-state index is 0.104. The fourth-order valence-corrected chi connectivity index (χ4v) is 1.54. The molecular formula is C13H13NO2. The Hall–Kier alpha value is -1.90. The first-order valence-corrected chi connectivity index (χ1v) is 5.23. The van der Waals surface area contributed by atoms with Crippen molar-refractivity contribution in [1.29, 1.82) is 0 Å². The minimum absolute atomic E-state index is 0.104. The Morgan fingerprint density at radius 2 is 2.31 bits per heavy atom. The van der Waals surface area contributed by atoms with E-state index in [0.29, 0.717) is 18.4 Å². The largest absolute Gasteiger partial charge is 0.469 e. The normalized spacial score (nSPS) is 10.3. The van der Waals surface area contributed by atoms with Gasteiger partial charge in [0.25, 0.3) is 0 Å². The van der Waals surface area contributed by atoms with Crippen molar-refractivity contribution in [3.05, 3.63) is 53.7 Å². The lowest BCUT2D eigenvalue weighted by Gasteiger charge is -2.00. The Kier molecular flexibility index (Phi) is 3.15. The summed E-state index contributed by atoms with van der Waals surface area (Å²) in [5, 5.41) is 0. The predicted octanol–water partition coefficient (Wildman–Crippen LogP) is 2.80. The number of pyridine rings is 1. The van der Waals surface area contributed by atoms with Crippen LogP contribution < -0.4 is 0 Å². The topological polar surface area (TPSA) is 43.1 Å². The van der Waals surface area contributed by atoms with E-state index in [1.165, 1.54) is 0 Å². The maximum absolute atomic E-state index is 11.8. The summed E-state index contributed by atoms with van der Waals surface area (Å²) in [4.78, 5) is 15.8. The van der Waals surface area contributed by atoms with Crippen LogP contribution >= 0.6 is 0 Å². The molecule has 3 nitrogen and oxygen atoms in total. The van der Waals surface area contributed by atoms with Crippen molar-refractivity contribution in [1.82, 2.24) is 4.98 Å². The van der Waals surface area contributed by atoms with E-state index in [-0.39, 0.29) is 5.78 Å². The van der Waals surface area contributed by atoms with E-state index in [1.807, 2.05) is 25.1 Å². The molecule has 0 amide bonds. The molecule has 3 heteroatoms. The number of aryl methyl sites for hydroxylation is 2. The fourth-order valence-electron chi connectivity index (χ4n) is 1.54. The van der Waals surface area contributed by atoms with E-state index in [9.17, 15) is 4.79 Å². The molecule has 0 spiro atoms. The molecule has 0 saturated carbocycles. The molecule has 0 radical (unpaired) electrons. The Bertz CT molecular complexity index is 474. The molecule has 2 heterocycles. The van der Waals surface area contributed by atoms with Gasteiger partial charge in [-0.1, -0.05) is 0 Å². The quantitative estimate of drug-likeness (QED) is 0.736. The number of ketones is 1. The lowest BCUT2D eigenvalue weighted by Crippen LogP contribution is -2.01. The number of carbonyl (C=O) groups is 1. The number of Topliss-reactive ketones (excluding diaryl/α,β-unsaturated/α-hetero) is 1. The van der Waals surface area contributed by atoms with Gasteiger partial charge in [0.1, 0.15) is 5.76 Å². The molecule has 0 aliphatic rings. The first kappa shape index (κ1) is 10.6. The standard InChI is InChI=1S/C13H13NO2/c1-10-7-11(9-14-8-10)13(15)5-4-12-3-2-6-16-12/h2-3,6-9H,4-5H2,1H3. The third kappa shape index (κ3) is 2.57. The third-order valence-electron chi connectivity index (χ3n) is 2.38. The number of carbonyl (C=O) groups excluding carboxylic acids is 1. The van der Waals surface area contributed by atoms with Crippen LogP contribution in [0.1, 0.15) is 28.1 Å². The van der Waals surface area contributed by atoms with Crippen LogP contribution in [0.25, 0.3) is 0 Å². The summed E-state index contributed by atoms with van der Waals surface area (Å²) in [6.45, 7) is 1.93. The fraction of sp³-hybridized carbons (Fsp3) is 0.231. The maximum atomic E-state index is 11.8. The number of nitrogens with zero attached hydrogens (tertiary/aromatic N) is 1. The molecule has 2 rings (SSSR count). The molecule has 0 fully saturated rings. The molecule has 0 atom stereocenters. The molecular weight excluding hydrogens is 202 g/mol. The van der Waals surface area contributed by atoms with Gasteiger partial charge in [-0.25, -0.2) is 0 Å². The zero-order valence-corrected chi connectivity index (χ0v) is 9.14. The van der Waals surface area contributed by atoms with Crippen LogP contribution in [0.4, 0.5) is 0 Å². The number of furan rings is 1. The van der Waals surface area contributed by atoms with E-state index in [4.69, 9.17) is 4.42 Å². The Morgan fingerprint density at radius 1 is 1.44 bits per heavy atom. The first-order valence-electron chi connectivity index (χ1n) is 5.23. The van der Waals surface area contributed by atoms with Crippen LogP contribution in [-0.4, -0.2) is 10.8 Å². The van der Waals surface area contributed by atoms with Gasteiger partial charge < -0.3 is 4.42 Å². The van der Waals surface area contributed by atoms with Gasteiger partial charge in [-0.05, 0) is 30.7 Å². The van der Waals surface area contributed by atoms with E-state index in [0.717, 1.165) is 11.3 Å². The number of aromatic nitrogens is 1. The Labute approximate surface area is 94.1 Å². The molecule has 2 aromatic rings. The molecule has 0 aromatic carbocycles. The van der Waals surface area contributed by atoms with Crippen LogP contribution in [0.15, 0.2) is 41.3 Å². The highest BCUT2D eigenvalue weighted by molar-refractivity contribution is 5.95. The van der Waals surface area contributed by atoms with E-state index in [2.05, 4.69) is 4.98 Å². The average molecular weight is 215 g/mol. The van der Waals surface area contributed by atoms with Crippen LogP contribution in [0.3, 0.4) is 0 Å². The van der Waals surface area contributed by atoms with Crippen molar-refractivity contribution >= 4 is 5.78 Å². The second kappa shape index (κ2) is 4.75. The summed E-state index contributed by atoms with van der Waals surface area (Å²) in [5.41, 5.74) is 1.68. The molecule has 82 valence electrons. The SMILES string of the molecule is Cc1cncc(C(=O)CCc2ccco2)c1. The third-order valence-corrected chi connectivity index (χ3v) is 2.38. The molecule has 0 unspecified atom stereocenters. The summed E-state index contributed by atoms with van der Waals surface area (Å²) in [6, 6.07) is 5.56. The first-order chi connectivity index (χ1) is 7.75. The summed E-state index contributed by atoms with van der Waals surface area (Å²) in [7, 11) is 0. The van der Waals surface area contributed by atoms with Gasteiger partial charge in [0.2, 0.25) is 0 Å². The summed E-state index contributed by atoms with van der Waals surface area (Å²) < 4.78 is 5.18. The number of hydrogen-bond donors (Lipinski definition) is 0. The van der Waals surface area contributed by atoms with Crippen molar-refractivity contribution in [3.8, 4) is 0 Å². The number of hydrogen-bond acceptors (Lipinski definition) is 3. The Balaban J connectivity index is 1.98. The lowest BCUT2D eigenvalue weighted by atomic mass is 10.1. The van der Waals surface area contributed by atoms with Crippen molar-refractivity contribution in [2.75, 3.05) is 0 Å². The molecule has 0 aliphatic heterocycles. The summed E-state index contributed by atoms with van der Waals surface area (Å²) in [5.74, 6) is 0.946. The van der Waals surface area contributed by atoms with Gasteiger partial charge in [0.05, 0.1) is 6.26 Å². The molecule has 0 saturated heterocycles. The van der Waals surface area contributed by atoms with Crippen LogP contribution in [0.2, 0.25) is 0 Å². The average Bonchev–Trinajstić information content (AvgIpc) is 2.78. The predicted molar refractivity (Wildman–Crippen MR) is 60.3 cm³/mol.